The van der Waals surface area contributed by atoms with Gasteiger partial charge in [0.1, 0.15) is 5.75 Å². The molecule has 0 bridgehead atoms. The molecule has 3 nitrogen and oxygen atoms in total. The fourth-order valence-electron chi connectivity index (χ4n) is 1.96. The third kappa shape index (κ3) is 5.79. The van der Waals surface area contributed by atoms with Gasteiger partial charge < -0.3 is 14.8 Å². The lowest BCUT2D eigenvalue weighted by molar-refractivity contribution is -0.274. The molecule has 0 saturated carbocycles. The van der Waals surface area contributed by atoms with Crippen molar-refractivity contribution in [3.8, 4) is 5.75 Å². The van der Waals surface area contributed by atoms with E-state index >= 15 is 0 Å². The first-order chi connectivity index (χ1) is 9.35. The summed E-state index contributed by atoms with van der Waals surface area (Å²) in [5.41, 5.74) is 0.922. The minimum absolute atomic E-state index is 0.0242. The highest BCUT2D eigenvalue weighted by Crippen LogP contribution is 2.23. The second-order valence-corrected chi connectivity index (χ2v) is 4.45. The van der Waals surface area contributed by atoms with Gasteiger partial charge in [0.25, 0.3) is 0 Å². The largest absolute Gasteiger partial charge is 0.573 e. The number of rotatable bonds is 7. The molecule has 0 saturated heterocycles. The summed E-state index contributed by atoms with van der Waals surface area (Å²) in [5.74, 6) is -0.208. The number of nitrogens with one attached hydrogen (secondary N) is 1. The molecule has 114 valence electrons. The molecule has 1 rings (SSSR count). The van der Waals surface area contributed by atoms with Crippen LogP contribution in [0.15, 0.2) is 24.3 Å². The molecule has 0 aromatic heterocycles. The first-order valence-electron chi connectivity index (χ1n) is 6.49. The van der Waals surface area contributed by atoms with Gasteiger partial charge >= 0.3 is 6.36 Å². The van der Waals surface area contributed by atoms with Crippen molar-refractivity contribution >= 4 is 0 Å². The van der Waals surface area contributed by atoms with Gasteiger partial charge in [0.15, 0.2) is 0 Å². The van der Waals surface area contributed by atoms with Crippen LogP contribution in [0.3, 0.4) is 0 Å². The van der Waals surface area contributed by atoms with Crippen LogP contribution in [0, 0.1) is 0 Å². The Morgan fingerprint density at radius 2 is 1.80 bits per heavy atom. The second kappa shape index (κ2) is 7.50. The van der Waals surface area contributed by atoms with Crippen LogP contribution in [0.4, 0.5) is 13.2 Å². The first-order valence-corrected chi connectivity index (χ1v) is 6.49. The summed E-state index contributed by atoms with van der Waals surface area (Å²) in [6.07, 6.45) is -3.96. The molecule has 1 N–H and O–H groups in total. The number of halogens is 3. The maximum atomic E-state index is 12.0. The maximum absolute atomic E-state index is 12.0. The average molecular weight is 291 g/mol. The molecule has 2 atom stereocenters. The van der Waals surface area contributed by atoms with E-state index in [9.17, 15) is 13.2 Å². The first kappa shape index (κ1) is 16.8. The molecule has 2 unspecified atom stereocenters. The van der Waals surface area contributed by atoms with Crippen molar-refractivity contribution in [2.45, 2.75) is 38.8 Å². The van der Waals surface area contributed by atoms with Gasteiger partial charge in [-0.3, -0.25) is 0 Å². The fourth-order valence-corrected chi connectivity index (χ4v) is 1.96. The average Bonchev–Trinajstić information content (AvgIpc) is 2.36. The van der Waals surface area contributed by atoms with Crippen LogP contribution in [0.5, 0.6) is 5.75 Å². The minimum atomic E-state index is -4.65. The number of alkyl halides is 3. The monoisotopic (exact) mass is 291 g/mol. The third-order valence-electron chi connectivity index (χ3n) is 2.98. The summed E-state index contributed by atoms with van der Waals surface area (Å²) in [6, 6.07) is 6.00. The standard InChI is InChI=1S/C14H20F3NO2/c1-4-19-10(2)13(18-3)9-11-5-7-12(8-6-11)20-14(15,16)17/h5-8,10,13,18H,4,9H2,1-3H3. The van der Waals surface area contributed by atoms with Gasteiger partial charge in [-0.2, -0.15) is 0 Å². The van der Waals surface area contributed by atoms with Crippen LogP contribution in [-0.2, 0) is 11.2 Å². The van der Waals surface area contributed by atoms with E-state index in [0.717, 1.165) is 5.56 Å². The quantitative estimate of drug-likeness (QED) is 0.837. The van der Waals surface area contributed by atoms with Crippen LogP contribution in [0.1, 0.15) is 19.4 Å². The Balaban J connectivity index is 2.64. The molecule has 0 aliphatic heterocycles. The van der Waals surface area contributed by atoms with Crippen molar-refractivity contribution in [2.24, 2.45) is 0 Å². The van der Waals surface area contributed by atoms with E-state index < -0.39 is 6.36 Å². The molecule has 6 heteroatoms. The van der Waals surface area contributed by atoms with Crippen molar-refractivity contribution in [3.63, 3.8) is 0 Å². The molecule has 0 heterocycles. The predicted molar refractivity (Wildman–Crippen MR) is 70.8 cm³/mol. The zero-order chi connectivity index (χ0) is 15.2. The van der Waals surface area contributed by atoms with Gasteiger partial charge in [-0.15, -0.1) is 13.2 Å². The lowest BCUT2D eigenvalue weighted by Gasteiger charge is -2.23. The normalized spacial score (nSPS) is 14.9. The molecule has 0 aliphatic carbocycles. The summed E-state index contributed by atoms with van der Waals surface area (Å²) < 4.78 is 45.5. The van der Waals surface area contributed by atoms with Crippen molar-refractivity contribution < 1.29 is 22.6 Å². The Morgan fingerprint density at radius 1 is 1.20 bits per heavy atom. The Labute approximate surface area is 117 Å². The lowest BCUT2D eigenvalue weighted by atomic mass is 10.0. The minimum Gasteiger partial charge on any atom is -0.406 e. The van der Waals surface area contributed by atoms with Crippen LogP contribution in [0.2, 0.25) is 0 Å². The van der Waals surface area contributed by atoms with E-state index in [0.29, 0.717) is 13.0 Å². The van der Waals surface area contributed by atoms with E-state index in [1.165, 1.54) is 12.1 Å². The van der Waals surface area contributed by atoms with Crippen molar-refractivity contribution in [2.75, 3.05) is 13.7 Å². The van der Waals surface area contributed by atoms with Crippen LogP contribution in [-0.4, -0.2) is 32.2 Å². The summed E-state index contributed by atoms with van der Waals surface area (Å²) in [5, 5.41) is 3.15. The molecule has 1 aromatic carbocycles. The smallest absolute Gasteiger partial charge is 0.406 e. The van der Waals surface area contributed by atoms with Gasteiger partial charge in [0.2, 0.25) is 0 Å². The molecular weight excluding hydrogens is 271 g/mol. The Kier molecular flexibility index (Phi) is 6.29. The molecule has 20 heavy (non-hydrogen) atoms. The lowest BCUT2D eigenvalue weighted by Crippen LogP contribution is -2.39. The van der Waals surface area contributed by atoms with Gasteiger partial charge in [-0.05, 0) is 45.0 Å². The topological polar surface area (TPSA) is 30.5 Å². The Morgan fingerprint density at radius 3 is 2.25 bits per heavy atom. The van der Waals surface area contributed by atoms with Gasteiger partial charge in [-0.25, -0.2) is 0 Å². The van der Waals surface area contributed by atoms with Crippen molar-refractivity contribution in [1.29, 1.82) is 0 Å². The zero-order valence-corrected chi connectivity index (χ0v) is 11.8. The summed E-state index contributed by atoms with van der Waals surface area (Å²) in [4.78, 5) is 0. The summed E-state index contributed by atoms with van der Waals surface area (Å²) in [6.45, 7) is 4.51. The molecule has 0 fully saturated rings. The Bertz CT molecular complexity index is 392. The number of hydrogen-bond acceptors (Lipinski definition) is 3. The SMILES string of the molecule is CCOC(C)C(Cc1ccc(OC(F)(F)F)cc1)NC. The molecule has 0 amide bonds. The van der Waals surface area contributed by atoms with Crippen molar-refractivity contribution in [3.05, 3.63) is 29.8 Å². The number of likely N-dealkylation sites (N-methyl/N-ethyl adjacent to an activating group) is 1. The highest BCUT2D eigenvalue weighted by atomic mass is 19.4. The Hall–Kier alpha value is -1.27. The van der Waals surface area contributed by atoms with E-state index in [2.05, 4.69) is 10.1 Å². The molecule has 0 aliphatic rings. The number of ether oxygens (including phenoxy) is 2. The van der Waals surface area contributed by atoms with Gasteiger partial charge in [0.05, 0.1) is 6.10 Å². The van der Waals surface area contributed by atoms with Crippen LogP contribution < -0.4 is 10.1 Å². The fraction of sp³-hybridized carbons (Fsp3) is 0.571. The predicted octanol–water partition coefficient (Wildman–Crippen LogP) is 3.14. The zero-order valence-electron chi connectivity index (χ0n) is 11.8. The van der Waals surface area contributed by atoms with Gasteiger partial charge in [-0.1, -0.05) is 12.1 Å². The van der Waals surface area contributed by atoms with E-state index in [1.54, 1.807) is 12.1 Å². The summed E-state index contributed by atoms with van der Waals surface area (Å²) in [7, 11) is 1.83. The number of hydrogen-bond donors (Lipinski definition) is 1. The van der Waals surface area contributed by atoms with Crippen LogP contribution in [0.25, 0.3) is 0 Å². The van der Waals surface area contributed by atoms with Gasteiger partial charge in [0, 0.05) is 12.6 Å². The van der Waals surface area contributed by atoms with E-state index in [1.807, 2.05) is 20.9 Å². The third-order valence-corrected chi connectivity index (χ3v) is 2.98. The highest BCUT2D eigenvalue weighted by molar-refractivity contribution is 5.28. The maximum Gasteiger partial charge on any atom is 0.573 e. The molecule has 0 spiro atoms. The molecular formula is C14H20F3NO2. The summed E-state index contributed by atoms with van der Waals surface area (Å²) >= 11 is 0. The molecule has 1 aromatic rings. The van der Waals surface area contributed by atoms with Crippen LogP contribution >= 0.6 is 0 Å². The van der Waals surface area contributed by atoms with E-state index in [4.69, 9.17) is 4.74 Å². The molecule has 0 radical (unpaired) electrons. The highest BCUT2D eigenvalue weighted by Gasteiger charge is 2.31. The second-order valence-electron chi connectivity index (χ2n) is 4.45. The van der Waals surface area contributed by atoms with Crippen molar-refractivity contribution in [1.82, 2.24) is 5.32 Å². The van der Waals surface area contributed by atoms with E-state index in [-0.39, 0.29) is 17.9 Å². The number of benzene rings is 1.